The monoisotopic (exact) mass is 346 g/mol. The molecule has 2 fully saturated rings. The third-order valence-electron chi connectivity index (χ3n) is 4.70. The molecule has 0 amide bonds. The van der Waals surface area contributed by atoms with Crippen molar-refractivity contribution in [3.63, 3.8) is 0 Å². The van der Waals surface area contributed by atoms with Crippen molar-refractivity contribution >= 4 is 12.4 Å². The summed E-state index contributed by atoms with van der Waals surface area (Å²) in [7, 11) is 0. The van der Waals surface area contributed by atoms with Gasteiger partial charge in [0.25, 0.3) is 0 Å². The third-order valence-corrected chi connectivity index (χ3v) is 4.70. The lowest BCUT2D eigenvalue weighted by molar-refractivity contribution is 0.0844. The van der Waals surface area contributed by atoms with E-state index < -0.39 is 11.6 Å². The molecule has 1 N–H and O–H groups in total. The van der Waals surface area contributed by atoms with Gasteiger partial charge in [-0.3, -0.25) is 0 Å². The number of piperidine rings is 2. The van der Waals surface area contributed by atoms with Crippen molar-refractivity contribution in [2.45, 2.75) is 31.8 Å². The number of ether oxygens (including phenoxy) is 1. The maximum Gasteiger partial charge on any atom is 0.167 e. The molecule has 0 aliphatic carbocycles. The van der Waals surface area contributed by atoms with Gasteiger partial charge in [0.15, 0.2) is 11.6 Å². The van der Waals surface area contributed by atoms with E-state index in [1.807, 2.05) is 0 Å². The van der Waals surface area contributed by atoms with Crippen LogP contribution in [0.5, 0.6) is 5.75 Å². The van der Waals surface area contributed by atoms with E-state index in [0.717, 1.165) is 51.0 Å². The van der Waals surface area contributed by atoms with Gasteiger partial charge in [-0.2, -0.15) is 0 Å². The summed E-state index contributed by atoms with van der Waals surface area (Å²) in [6, 6.07) is 3.50. The maximum atomic E-state index is 13.6. The van der Waals surface area contributed by atoms with E-state index in [2.05, 4.69) is 10.2 Å². The summed E-state index contributed by atoms with van der Waals surface area (Å²) in [6.07, 6.45) is 4.36. The lowest BCUT2D eigenvalue weighted by Crippen LogP contribution is -2.42. The van der Waals surface area contributed by atoms with Gasteiger partial charge in [0, 0.05) is 25.7 Å². The Morgan fingerprint density at radius 2 is 1.78 bits per heavy atom. The SMILES string of the molecule is Cl.Fc1ccc(OC2CCN(CC3CCNCC3)CC2)c(F)c1. The van der Waals surface area contributed by atoms with Crippen LogP contribution in [0.25, 0.3) is 0 Å². The van der Waals surface area contributed by atoms with Crippen LogP contribution in [0.2, 0.25) is 0 Å². The molecular formula is C17H25ClF2N2O. The number of hydrogen-bond acceptors (Lipinski definition) is 3. The number of likely N-dealkylation sites (tertiary alicyclic amines) is 1. The minimum Gasteiger partial charge on any atom is -0.487 e. The molecule has 1 aromatic rings. The second kappa shape index (κ2) is 8.81. The van der Waals surface area contributed by atoms with Crippen molar-refractivity contribution in [1.82, 2.24) is 10.2 Å². The normalized spacial score (nSPS) is 21.0. The zero-order valence-corrected chi connectivity index (χ0v) is 14.1. The molecule has 130 valence electrons. The summed E-state index contributed by atoms with van der Waals surface area (Å²) < 4.78 is 32.2. The van der Waals surface area contributed by atoms with Gasteiger partial charge in [0.05, 0.1) is 0 Å². The minimum atomic E-state index is -0.614. The standard InChI is InChI=1S/C17H24F2N2O.ClH/c18-14-1-2-17(16(19)11-14)22-15-5-9-21(10-6-15)12-13-3-7-20-8-4-13;/h1-2,11,13,15,20H,3-10,12H2;1H. The van der Waals surface area contributed by atoms with E-state index in [1.54, 1.807) is 0 Å². The van der Waals surface area contributed by atoms with Gasteiger partial charge in [-0.05, 0) is 56.8 Å². The van der Waals surface area contributed by atoms with Gasteiger partial charge < -0.3 is 15.0 Å². The first-order valence-corrected chi connectivity index (χ1v) is 8.25. The first-order valence-electron chi connectivity index (χ1n) is 8.25. The zero-order chi connectivity index (χ0) is 15.4. The highest BCUT2D eigenvalue weighted by molar-refractivity contribution is 5.85. The second-order valence-electron chi connectivity index (χ2n) is 6.39. The summed E-state index contributed by atoms with van der Waals surface area (Å²) in [5, 5.41) is 3.39. The maximum absolute atomic E-state index is 13.6. The molecule has 2 aliphatic heterocycles. The molecule has 0 bridgehead atoms. The van der Waals surface area contributed by atoms with Gasteiger partial charge in [-0.1, -0.05) is 0 Å². The summed E-state index contributed by atoms with van der Waals surface area (Å²) >= 11 is 0. The van der Waals surface area contributed by atoms with Crippen LogP contribution in [0.4, 0.5) is 8.78 Å². The van der Waals surface area contributed by atoms with E-state index in [4.69, 9.17) is 4.74 Å². The summed E-state index contributed by atoms with van der Waals surface area (Å²) in [6.45, 7) is 5.43. The summed E-state index contributed by atoms with van der Waals surface area (Å²) in [5.74, 6) is -0.217. The zero-order valence-electron chi connectivity index (χ0n) is 13.3. The molecule has 0 spiro atoms. The minimum absolute atomic E-state index is 0. The molecule has 6 heteroatoms. The third kappa shape index (κ3) is 5.30. The van der Waals surface area contributed by atoms with Crippen LogP contribution >= 0.6 is 12.4 Å². The molecule has 0 atom stereocenters. The van der Waals surface area contributed by atoms with Crippen molar-refractivity contribution in [1.29, 1.82) is 0 Å². The molecule has 23 heavy (non-hydrogen) atoms. The van der Waals surface area contributed by atoms with E-state index >= 15 is 0 Å². The van der Waals surface area contributed by atoms with Crippen LogP contribution in [0.1, 0.15) is 25.7 Å². The molecular weight excluding hydrogens is 322 g/mol. The Kier molecular flexibility index (Phi) is 7.06. The first kappa shape index (κ1) is 18.4. The fourth-order valence-corrected chi connectivity index (χ4v) is 3.39. The predicted octanol–water partition coefficient (Wildman–Crippen LogP) is 3.23. The fraction of sp³-hybridized carbons (Fsp3) is 0.647. The Labute approximate surface area is 142 Å². The highest BCUT2D eigenvalue weighted by atomic mass is 35.5. The fourth-order valence-electron chi connectivity index (χ4n) is 3.39. The van der Waals surface area contributed by atoms with E-state index in [-0.39, 0.29) is 24.3 Å². The first-order chi connectivity index (χ1) is 10.7. The molecule has 0 aromatic heterocycles. The van der Waals surface area contributed by atoms with Crippen LogP contribution < -0.4 is 10.1 Å². The molecule has 0 unspecified atom stereocenters. The summed E-state index contributed by atoms with van der Waals surface area (Å²) in [5.41, 5.74) is 0. The van der Waals surface area contributed by atoms with Crippen molar-refractivity contribution in [3.8, 4) is 5.75 Å². The number of hydrogen-bond donors (Lipinski definition) is 1. The molecule has 0 saturated carbocycles. The van der Waals surface area contributed by atoms with Gasteiger partial charge in [0.2, 0.25) is 0 Å². The van der Waals surface area contributed by atoms with Gasteiger partial charge in [-0.25, -0.2) is 8.78 Å². The average Bonchev–Trinajstić information content (AvgIpc) is 2.53. The molecule has 1 aromatic carbocycles. The van der Waals surface area contributed by atoms with E-state index in [1.165, 1.54) is 31.5 Å². The second-order valence-corrected chi connectivity index (χ2v) is 6.39. The molecule has 2 heterocycles. The largest absolute Gasteiger partial charge is 0.487 e. The molecule has 0 radical (unpaired) electrons. The lowest BCUT2D eigenvalue weighted by atomic mass is 9.96. The van der Waals surface area contributed by atoms with Crippen LogP contribution in [0, 0.1) is 17.6 Å². The van der Waals surface area contributed by atoms with Crippen molar-refractivity contribution < 1.29 is 13.5 Å². The molecule has 2 saturated heterocycles. The molecule has 2 aliphatic rings. The van der Waals surface area contributed by atoms with Crippen LogP contribution in [-0.2, 0) is 0 Å². The smallest absolute Gasteiger partial charge is 0.167 e. The van der Waals surface area contributed by atoms with Crippen LogP contribution in [0.3, 0.4) is 0 Å². The van der Waals surface area contributed by atoms with Gasteiger partial charge >= 0.3 is 0 Å². The van der Waals surface area contributed by atoms with Crippen LogP contribution in [0.15, 0.2) is 18.2 Å². The Bertz CT molecular complexity index is 489. The lowest BCUT2D eigenvalue weighted by Gasteiger charge is -2.35. The van der Waals surface area contributed by atoms with Gasteiger partial charge in [0.1, 0.15) is 11.9 Å². The van der Waals surface area contributed by atoms with Gasteiger partial charge in [-0.15, -0.1) is 12.4 Å². The summed E-state index contributed by atoms with van der Waals surface area (Å²) in [4.78, 5) is 2.50. The number of nitrogens with zero attached hydrogens (tertiary/aromatic N) is 1. The molecule has 3 rings (SSSR count). The predicted molar refractivity (Wildman–Crippen MR) is 89.3 cm³/mol. The average molecular weight is 347 g/mol. The van der Waals surface area contributed by atoms with Crippen LogP contribution in [-0.4, -0.2) is 43.7 Å². The Morgan fingerprint density at radius 3 is 2.43 bits per heavy atom. The number of nitrogens with one attached hydrogen (secondary N) is 1. The van der Waals surface area contributed by atoms with Crippen molar-refractivity contribution in [3.05, 3.63) is 29.8 Å². The van der Waals surface area contributed by atoms with E-state index in [0.29, 0.717) is 0 Å². The quantitative estimate of drug-likeness (QED) is 0.906. The number of rotatable bonds is 4. The topological polar surface area (TPSA) is 24.5 Å². The van der Waals surface area contributed by atoms with Crippen molar-refractivity contribution in [2.24, 2.45) is 5.92 Å². The van der Waals surface area contributed by atoms with E-state index in [9.17, 15) is 8.78 Å². The number of benzene rings is 1. The van der Waals surface area contributed by atoms with Crippen molar-refractivity contribution in [2.75, 3.05) is 32.7 Å². The Balaban J connectivity index is 0.00000192. The Morgan fingerprint density at radius 1 is 1.09 bits per heavy atom. The Hall–Kier alpha value is -0.910. The highest BCUT2D eigenvalue weighted by Gasteiger charge is 2.24. The highest BCUT2D eigenvalue weighted by Crippen LogP contribution is 2.24. The number of halogens is 3. The molecule has 3 nitrogen and oxygen atoms in total.